The van der Waals surface area contributed by atoms with Crippen LogP contribution in [0.5, 0.6) is 0 Å². The Bertz CT molecular complexity index is 1070. The largest absolute Gasteiger partial charge is 0.459 e. The van der Waals surface area contributed by atoms with Crippen LogP contribution in [0.3, 0.4) is 0 Å². The monoisotopic (exact) mass is 490 g/mol. The van der Waals surface area contributed by atoms with Gasteiger partial charge in [-0.1, -0.05) is 0 Å². The quantitative estimate of drug-likeness (QED) is 0.601. The molecular formula is C18H15F9N4O2. The summed E-state index contributed by atoms with van der Waals surface area (Å²) in [5, 5.41) is 6.77. The molecule has 0 fully saturated rings. The second-order valence-electron chi connectivity index (χ2n) is 7.04. The van der Waals surface area contributed by atoms with Crippen LogP contribution in [0.15, 0.2) is 18.2 Å². The molecule has 182 valence electrons. The van der Waals surface area contributed by atoms with E-state index >= 15 is 0 Å². The topological polar surface area (TPSA) is 76.0 Å². The van der Waals surface area contributed by atoms with Gasteiger partial charge in [0.1, 0.15) is 17.1 Å². The van der Waals surface area contributed by atoms with Crippen LogP contribution < -0.4 is 10.6 Å². The maximum Gasteiger partial charge on any atom is 0.459 e. The van der Waals surface area contributed by atoms with Crippen molar-refractivity contribution in [2.45, 2.75) is 38.2 Å². The van der Waals surface area contributed by atoms with Gasteiger partial charge in [-0.25, -0.2) is 4.39 Å². The predicted octanol–water partition coefficient (Wildman–Crippen LogP) is 4.62. The van der Waals surface area contributed by atoms with E-state index in [9.17, 15) is 49.1 Å². The minimum Gasteiger partial charge on any atom is -0.350 e. The number of aromatic nitrogens is 2. The third-order valence-corrected chi connectivity index (χ3v) is 4.09. The molecule has 15 heteroatoms. The van der Waals surface area contributed by atoms with Crippen LogP contribution in [0.25, 0.3) is 0 Å². The van der Waals surface area contributed by atoms with E-state index in [0.29, 0.717) is 13.1 Å². The first kappa shape index (κ1) is 26.0. The van der Waals surface area contributed by atoms with Gasteiger partial charge in [-0.2, -0.15) is 40.2 Å². The summed E-state index contributed by atoms with van der Waals surface area (Å²) in [5.41, 5.74) is -7.99. The van der Waals surface area contributed by atoms with E-state index in [1.807, 2.05) is 5.32 Å². The van der Waals surface area contributed by atoms with Gasteiger partial charge in [0, 0.05) is 18.8 Å². The van der Waals surface area contributed by atoms with Crippen LogP contribution in [-0.4, -0.2) is 33.8 Å². The number of aryl methyl sites for hydroxylation is 1. The van der Waals surface area contributed by atoms with Gasteiger partial charge < -0.3 is 10.6 Å². The van der Waals surface area contributed by atoms with E-state index in [2.05, 4.69) is 10.4 Å². The lowest BCUT2D eigenvalue weighted by Gasteiger charge is -2.19. The second-order valence-corrected chi connectivity index (χ2v) is 7.04. The molecule has 0 aliphatic carbocycles. The molecule has 33 heavy (non-hydrogen) atoms. The number of carbonyl (C=O) groups excluding carboxylic acids is 2. The molecule has 0 radical (unpaired) electrons. The second kappa shape index (κ2) is 8.59. The van der Waals surface area contributed by atoms with Gasteiger partial charge in [-0.3, -0.25) is 14.3 Å². The SMILES string of the molecule is CC(C)NC(=O)c1cc(NC(=O)c2c(C(F)(F)F)c(C(F)(F)C(F)(F)F)nn2C)ccc1F. The lowest BCUT2D eigenvalue weighted by Crippen LogP contribution is -2.36. The first-order valence-electron chi connectivity index (χ1n) is 8.88. The summed E-state index contributed by atoms with van der Waals surface area (Å²) in [5.74, 6) is -9.77. The van der Waals surface area contributed by atoms with Crippen molar-refractivity contribution >= 4 is 17.5 Å². The highest BCUT2D eigenvalue weighted by atomic mass is 19.4. The van der Waals surface area contributed by atoms with Crippen LogP contribution >= 0.6 is 0 Å². The van der Waals surface area contributed by atoms with Gasteiger partial charge in [0.25, 0.3) is 11.8 Å². The zero-order chi connectivity index (χ0) is 25.5. The van der Waals surface area contributed by atoms with Crippen molar-refractivity contribution in [1.82, 2.24) is 15.1 Å². The Morgan fingerprint density at radius 3 is 2.06 bits per heavy atom. The molecule has 2 N–H and O–H groups in total. The highest BCUT2D eigenvalue weighted by Gasteiger charge is 2.64. The fraction of sp³-hybridized carbons (Fsp3) is 0.389. The summed E-state index contributed by atoms with van der Waals surface area (Å²) in [7, 11) is 0.562. The Hall–Kier alpha value is -3.26. The number of amides is 2. The minimum atomic E-state index is -6.43. The molecule has 0 aliphatic heterocycles. The number of rotatable bonds is 5. The molecule has 0 unspecified atom stereocenters. The molecule has 6 nitrogen and oxygen atoms in total. The summed E-state index contributed by atoms with van der Waals surface area (Å²) < 4.78 is 120. The Labute approximate surface area is 179 Å². The van der Waals surface area contributed by atoms with Gasteiger partial charge in [-0.05, 0) is 32.0 Å². The number of anilines is 1. The summed E-state index contributed by atoms with van der Waals surface area (Å²) >= 11 is 0. The maximum atomic E-state index is 13.9. The summed E-state index contributed by atoms with van der Waals surface area (Å²) in [6.07, 6.45) is -12.2. The molecule has 2 aromatic rings. The number of hydrogen-bond acceptors (Lipinski definition) is 3. The van der Waals surface area contributed by atoms with Gasteiger partial charge >= 0.3 is 18.3 Å². The molecule has 0 aliphatic rings. The lowest BCUT2D eigenvalue weighted by molar-refractivity contribution is -0.292. The zero-order valence-electron chi connectivity index (χ0n) is 16.9. The summed E-state index contributed by atoms with van der Waals surface area (Å²) in [6, 6.07) is 1.86. The van der Waals surface area contributed by atoms with Crippen molar-refractivity contribution in [2.75, 3.05) is 5.32 Å². The van der Waals surface area contributed by atoms with Crippen molar-refractivity contribution < 1.29 is 49.1 Å². The highest BCUT2D eigenvalue weighted by Crippen LogP contribution is 2.48. The van der Waals surface area contributed by atoms with Crippen molar-refractivity contribution in [1.29, 1.82) is 0 Å². The number of carbonyl (C=O) groups is 2. The smallest absolute Gasteiger partial charge is 0.350 e. The molecule has 1 heterocycles. The molecular weight excluding hydrogens is 475 g/mol. The summed E-state index contributed by atoms with van der Waals surface area (Å²) in [4.78, 5) is 24.5. The molecule has 2 rings (SSSR count). The Morgan fingerprint density at radius 2 is 1.58 bits per heavy atom. The van der Waals surface area contributed by atoms with E-state index in [-0.39, 0.29) is 4.68 Å². The van der Waals surface area contributed by atoms with Gasteiger partial charge in [0.05, 0.1) is 5.56 Å². The van der Waals surface area contributed by atoms with Crippen LogP contribution in [0.1, 0.15) is 46.0 Å². The van der Waals surface area contributed by atoms with Gasteiger partial charge in [-0.15, -0.1) is 0 Å². The maximum absolute atomic E-state index is 13.9. The average Bonchev–Trinajstić information content (AvgIpc) is 3.00. The van der Waals surface area contributed by atoms with E-state index in [1.165, 1.54) is 0 Å². The number of halogens is 9. The van der Waals surface area contributed by atoms with Crippen molar-refractivity contribution in [3.05, 3.63) is 46.5 Å². The van der Waals surface area contributed by atoms with Crippen LogP contribution in [0.4, 0.5) is 45.2 Å². The Kier molecular flexibility index (Phi) is 6.77. The van der Waals surface area contributed by atoms with E-state index in [4.69, 9.17) is 0 Å². The molecule has 0 saturated carbocycles. The van der Waals surface area contributed by atoms with Crippen LogP contribution in [0.2, 0.25) is 0 Å². The highest BCUT2D eigenvalue weighted by molar-refractivity contribution is 6.05. The third-order valence-electron chi connectivity index (χ3n) is 4.09. The molecule has 0 saturated heterocycles. The van der Waals surface area contributed by atoms with E-state index < -0.39 is 70.2 Å². The minimum absolute atomic E-state index is 0.0803. The fourth-order valence-corrected chi connectivity index (χ4v) is 2.71. The van der Waals surface area contributed by atoms with Crippen LogP contribution in [-0.2, 0) is 19.1 Å². The number of nitrogens with one attached hydrogen (secondary N) is 2. The van der Waals surface area contributed by atoms with Gasteiger partial charge in [0.2, 0.25) is 0 Å². The normalized spacial score (nSPS) is 12.8. The number of alkyl halides is 8. The molecule has 1 aromatic heterocycles. The number of benzene rings is 1. The third kappa shape index (κ3) is 5.22. The number of nitrogens with zero attached hydrogens (tertiary/aromatic N) is 2. The van der Waals surface area contributed by atoms with E-state index in [1.54, 1.807) is 13.8 Å². The Morgan fingerprint density at radius 1 is 1.00 bits per heavy atom. The molecule has 1 aromatic carbocycles. The Balaban J connectivity index is 2.55. The van der Waals surface area contributed by atoms with Crippen LogP contribution in [0, 0.1) is 5.82 Å². The first-order valence-corrected chi connectivity index (χ1v) is 8.88. The van der Waals surface area contributed by atoms with Crippen molar-refractivity contribution in [3.8, 4) is 0 Å². The fourth-order valence-electron chi connectivity index (χ4n) is 2.71. The first-order chi connectivity index (χ1) is 14.9. The molecule has 0 atom stereocenters. The molecule has 0 bridgehead atoms. The summed E-state index contributed by atoms with van der Waals surface area (Å²) in [6.45, 7) is 3.10. The molecule has 0 spiro atoms. The number of hydrogen-bond donors (Lipinski definition) is 2. The van der Waals surface area contributed by atoms with E-state index in [0.717, 1.165) is 12.1 Å². The van der Waals surface area contributed by atoms with Crippen molar-refractivity contribution in [2.24, 2.45) is 7.05 Å². The van der Waals surface area contributed by atoms with Gasteiger partial charge in [0.15, 0.2) is 5.69 Å². The average molecular weight is 490 g/mol. The predicted molar refractivity (Wildman–Crippen MR) is 95.1 cm³/mol. The molecule has 2 amide bonds. The standard InChI is InChI=1S/C18H15F9N4O2/c1-7(2)28-14(32)9-6-8(4-5-10(9)19)29-15(33)12-11(17(22,23)24)13(30-31(12)3)16(20,21)18(25,26)27/h4-7H,1-3H3,(H,28,32)(H,29,33). The lowest BCUT2D eigenvalue weighted by atomic mass is 10.1. The van der Waals surface area contributed by atoms with Crippen molar-refractivity contribution in [3.63, 3.8) is 0 Å². The zero-order valence-corrected chi connectivity index (χ0v) is 16.9.